The van der Waals surface area contributed by atoms with Gasteiger partial charge in [0.15, 0.2) is 0 Å². The number of rotatable bonds is 5. The summed E-state index contributed by atoms with van der Waals surface area (Å²) < 4.78 is 0. The van der Waals surface area contributed by atoms with Crippen molar-refractivity contribution in [1.82, 2.24) is 10.6 Å². The third-order valence-corrected chi connectivity index (χ3v) is 3.55. The van der Waals surface area contributed by atoms with Crippen LogP contribution in [0.5, 0.6) is 0 Å². The Morgan fingerprint density at radius 3 is 2.48 bits per heavy atom. The molecule has 0 bridgehead atoms. The SMILES string of the molecule is CC(NC(=O)N[C@H](CO)c1ccccc1)c1cccc(C#N)c1. The Morgan fingerprint density at radius 2 is 1.83 bits per heavy atom. The Hall–Kier alpha value is -2.84. The van der Waals surface area contributed by atoms with Gasteiger partial charge in [-0.25, -0.2) is 4.79 Å². The molecule has 0 saturated carbocycles. The second-order valence-corrected chi connectivity index (χ2v) is 5.22. The number of hydrogen-bond donors (Lipinski definition) is 3. The third-order valence-electron chi connectivity index (χ3n) is 3.55. The van der Waals surface area contributed by atoms with E-state index in [0.717, 1.165) is 11.1 Å². The molecule has 5 nitrogen and oxygen atoms in total. The number of aliphatic hydroxyl groups excluding tert-OH is 1. The highest BCUT2D eigenvalue weighted by Gasteiger charge is 2.15. The average Bonchev–Trinajstić information content (AvgIpc) is 2.60. The Morgan fingerprint density at radius 1 is 1.13 bits per heavy atom. The minimum atomic E-state index is -0.464. The lowest BCUT2D eigenvalue weighted by atomic mass is 10.1. The van der Waals surface area contributed by atoms with Gasteiger partial charge in [-0.2, -0.15) is 5.26 Å². The van der Waals surface area contributed by atoms with Crippen LogP contribution in [0.1, 0.15) is 35.7 Å². The molecule has 0 aliphatic rings. The smallest absolute Gasteiger partial charge is 0.315 e. The van der Waals surface area contributed by atoms with E-state index in [-0.39, 0.29) is 18.7 Å². The van der Waals surface area contributed by atoms with Crippen LogP contribution in [0.25, 0.3) is 0 Å². The maximum atomic E-state index is 12.1. The molecule has 0 heterocycles. The van der Waals surface area contributed by atoms with Crippen LogP contribution in [0.15, 0.2) is 54.6 Å². The summed E-state index contributed by atoms with van der Waals surface area (Å²) in [6.45, 7) is 1.66. The largest absolute Gasteiger partial charge is 0.394 e. The number of nitrogens with one attached hydrogen (secondary N) is 2. The maximum absolute atomic E-state index is 12.1. The summed E-state index contributed by atoms with van der Waals surface area (Å²) in [7, 11) is 0. The fourth-order valence-corrected chi connectivity index (χ4v) is 2.28. The first-order chi connectivity index (χ1) is 11.1. The molecule has 0 fully saturated rings. The molecular formula is C18H19N3O2. The Balaban J connectivity index is 1.99. The van der Waals surface area contributed by atoms with Crippen LogP contribution in [0.3, 0.4) is 0 Å². The molecule has 2 aromatic carbocycles. The highest BCUT2D eigenvalue weighted by molar-refractivity contribution is 5.75. The molecular weight excluding hydrogens is 290 g/mol. The summed E-state index contributed by atoms with van der Waals surface area (Å²) in [5, 5.41) is 24.0. The number of urea groups is 1. The van der Waals surface area contributed by atoms with Crippen LogP contribution in [0, 0.1) is 11.3 Å². The predicted molar refractivity (Wildman–Crippen MR) is 87.5 cm³/mol. The van der Waals surface area contributed by atoms with Crippen LogP contribution in [-0.4, -0.2) is 17.7 Å². The standard InChI is InChI=1S/C18H19N3O2/c1-13(16-9-5-6-14(10-16)11-19)20-18(23)21-17(12-22)15-7-3-2-4-8-15/h2-10,13,17,22H,12H2,1H3,(H2,20,21,23)/t13?,17-/m1/s1. The first-order valence-electron chi connectivity index (χ1n) is 7.37. The molecule has 0 spiro atoms. The molecule has 1 unspecified atom stereocenters. The van der Waals surface area contributed by atoms with Gasteiger partial charge in [0.1, 0.15) is 0 Å². The van der Waals surface area contributed by atoms with E-state index in [9.17, 15) is 9.90 Å². The van der Waals surface area contributed by atoms with Crippen molar-refractivity contribution in [2.75, 3.05) is 6.61 Å². The van der Waals surface area contributed by atoms with Crippen LogP contribution in [0.4, 0.5) is 4.79 Å². The molecule has 2 rings (SSSR count). The summed E-state index contributed by atoms with van der Waals surface area (Å²) in [6.07, 6.45) is 0. The van der Waals surface area contributed by atoms with Crippen molar-refractivity contribution in [3.8, 4) is 6.07 Å². The summed E-state index contributed by atoms with van der Waals surface area (Å²) in [4.78, 5) is 12.1. The van der Waals surface area contributed by atoms with Gasteiger partial charge in [-0.15, -0.1) is 0 Å². The lowest BCUT2D eigenvalue weighted by Crippen LogP contribution is -2.40. The second-order valence-electron chi connectivity index (χ2n) is 5.22. The maximum Gasteiger partial charge on any atom is 0.315 e. The minimum Gasteiger partial charge on any atom is -0.394 e. The van der Waals surface area contributed by atoms with Gasteiger partial charge >= 0.3 is 6.03 Å². The van der Waals surface area contributed by atoms with Crippen LogP contribution in [0.2, 0.25) is 0 Å². The number of nitriles is 1. The van der Waals surface area contributed by atoms with Crippen molar-refractivity contribution in [3.63, 3.8) is 0 Å². The van der Waals surface area contributed by atoms with Crippen LogP contribution in [-0.2, 0) is 0 Å². The van der Waals surface area contributed by atoms with Gasteiger partial charge in [-0.05, 0) is 30.2 Å². The van der Waals surface area contributed by atoms with Gasteiger partial charge in [-0.3, -0.25) is 0 Å². The summed E-state index contributed by atoms with van der Waals surface area (Å²) in [5.41, 5.74) is 2.23. The van der Waals surface area contributed by atoms with E-state index in [0.29, 0.717) is 5.56 Å². The van der Waals surface area contributed by atoms with Crippen LogP contribution < -0.4 is 10.6 Å². The lowest BCUT2D eigenvalue weighted by Gasteiger charge is -2.20. The highest BCUT2D eigenvalue weighted by Crippen LogP contribution is 2.15. The molecule has 2 atom stereocenters. The molecule has 2 aromatic rings. The fourth-order valence-electron chi connectivity index (χ4n) is 2.28. The zero-order chi connectivity index (χ0) is 16.7. The zero-order valence-corrected chi connectivity index (χ0v) is 12.9. The molecule has 5 heteroatoms. The van der Waals surface area contributed by atoms with Gasteiger partial charge < -0.3 is 15.7 Å². The normalized spacial score (nSPS) is 12.7. The van der Waals surface area contributed by atoms with Crippen molar-refractivity contribution in [2.45, 2.75) is 19.0 Å². The number of aliphatic hydroxyl groups is 1. The van der Waals surface area contributed by atoms with E-state index in [1.807, 2.05) is 43.3 Å². The van der Waals surface area contributed by atoms with Gasteiger partial charge in [0.05, 0.1) is 30.3 Å². The number of benzene rings is 2. The van der Waals surface area contributed by atoms with Gasteiger partial charge in [0.25, 0.3) is 0 Å². The zero-order valence-electron chi connectivity index (χ0n) is 12.9. The molecule has 2 amide bonds. The van der Waals surface area contributed by atoms with Crippen LogP contribution >= 0.6 is 0 Å². The summed E-state index contributed by atoms with van der Waals surface area (Å²) in [6, 6.07) is 17.4. The van der Waals surface area contributed by atoms with E-state index in [4.69, 9.17) is 5.26 Å². The van der Waals surface area contributed by atoms with E-state index < -0.39 is 6.04 Å². The molecule has 23 heavy (non-hydrogen) atoms. The third kappa shape index (κ3) is 4.56. The quantitative estimate of drug-likeness (QED) is 0.793. The highest BCUT2D eigenvalue weighted by atomic mass is 16.3. The molecule has 0 saturated heterocycles. The molecule has 0 aromatic heterocycles. The predicted octanol–water partition coefficient (Wildman–Crippen LogP) is 2.65. The van der Waals surface area contributed by atoms with Crippen molar-refractivity contribution in [3.05, 3.63) is 71.3 Å². The molecule has 0 aliphatic carbocycles. The van der Waals surface area contributed by atoms with Crippen molar-refractivity contribution in [1.29, 1.82) is 5.26 Å². The van der Waals surface area contributed by atoms with Crippen molar-refractivity contribution >= 4 is 6.03 Å². The number of amides is 2. The second kappa shape index (κ2) is 7.97. The van der Waals surface area contributed by atoms with E-state index in [2.05, 4.69) is 16.7 Å². The van der Waals surface area contributed by atoms with Gasteiger partial charge in [0.2, 0.25) is 0 Å². The van der Waals surface area contributed by atoms with Crippen molar-refractivity contribution < 1.29 is 9.90 Å². The first-order valence-corrected chi connectivity index (χ1v) is 7.37. The first kappa shape index (κ1) is 16.5. The monoisotopic (exact) mass is 309 g/mol. The molecule has 118 valence electrons. The van der Waals surface area contributed by atoms with E-state index in [1.165, 1.54) is 0 Å². The topological polar surface area (TPSA) is 85.2 Å². The van der Waals surface area contributed by atoms with E-state index in [1.54, 1.807) is 18.2 Å². The lowest BCUT2D eigenvalue weighted by molar-refractivity contribution is 0.214. The summed E-state index contributed by atoms with van der Waals surface area (Å²) >= 11 is 0. The molecule has 3 N–H and O–H groups in total. The Bertz CT molecular complexity index is 695. The Labute approximate surface area is 135 Å². The number of carbonyl (C=O) groups excluding carboxylic acids is 1. The molecule has 0 aliphatic heterocycles. The number of nitrogens with zero attached hydrogens (tertiary/aromatic N) is 1. The fraction of sp³-hybridized carbons (Fsp3) is 0.222. The Kier molecular flexibility index (Phi) is 5.73. The van der Waals surface area contributed by atoms with Gasteiger partial charge in [0, 0.05) is 0 Å². The number of hydrogen-bond acceptors (Lipinski definition) is 3. The number of carbonyl (C=O) groups is 1. The van der Waals surface area contributed by atoms with Gasteiger partial charge in [-0.1, -0.05) is 42.5 Å². The van der Waals surface area contributed by atoms with Crippen molar-refractivity contribution in [2.24, 2.45) is 0 Å². The average molecular weight is 309 g/mol. The molecule has 0 radical (unpaired) electrons. The van der Waals surface area contributed by atoms with E-state index >= 15 is 0 Å². The minimum absolute atomic E-state index is 0.185. The summed E-state index contributed by atoms with van der Waals surface area (Å²) in [5.74, 6) is 0.